The Labute approximate surface area is 119 Å². The van der Waals surface area contributed by atoms with Crippen molar-refractivity contribution in [2.24, 2.45) is 5.92 Å². The summed E-state index contributed by atoms with van der Waals surface area (Å²) in [6, 6.07) is 4.74. The second-order valence-corrected chi connectivity index (χ2v) is 7.30. The van der Waals surface area contributed by atoms with Gasteiger partial charge in [-0.05, 0) is 30.9 Å². The third-order valence-corrected chi connectivity index (χ3v) is 5.26. The van der Waals surface area contributed by atoms with Crippen LogP contribution in [0.25, 0.3) is 0 Å². The highest BCUT2D eigenvalue weighted by Gasteiger charge is 2.26. The molecule has 0 aliphatic heterocycles. The van der Waals surface area contributed by atoms with E-state index in [-0.39, 0.29) is 11.1 Å². The van der Waals surface area contributed by atoms with Crippen LogP contribution in [0.4, 0.5) is 0 Å². The summed E-state index contributed by atoms with van der Waals surface area (Å²) in [5.74, 6) is -0.563. The van der Waals surface area contributed by atoms with Crippen LogP contribution >= 0.6 is 0 Å². The van der Waals surface area contributed by atoms with E-state index in [4.69, 9.17) is 0 Å². The Bertz CT molecular complexity index is 557. The minimum absolute atomic E-state index is 0.0492. The molecule has 1 aromatic rings. The molecule has 1 fully saturated rings. The molecule has 1 aliphatic rings. The lowest BCUT2D eigenvalue weighted by atomic mass is 9.86. The Hall–Kier alpha value is -1.43. The molecule has 110 valence electrons. The van der Waals surface area contributed by atoms with Gasteiger partial charge in [-0.2, -0.15) is 0 Å². The molecule has 6 heteroatoms. The average molecular weight is 296 g/mol. The predicted octanol–water partition coefficient (Wildman–Crippen LogP) is 1.55. The van der Waals surface area contributed by atoms with Crippen molar-refractivity contribution in [3.05, 3.63) is 24.4 Å². The summed E-state index contributed by atoms with van der Waals surface area (Å²) < 4.78 is 24.1. The summed E-state index contributed by atoms with van der Waals surface area (Å²) >= 11 is 0. The van der Waals surface area contributed by atoms with E-state index in [1.807, 2.05) is 0 Å². The Balaban J connectivity index is 1.97. The second-order valence-electron chi connectivity index (χ2n) is 5.36. The van der Waals surface area contributed by atoms with E-state index in [1.54, 1.807) is 12.1 Å². The second kappa shape index (κ2) is 6.35. The van der Waals surface area contributed by atoms with E-state index in [1.165, 1.54) is 18.7 Å². The monoisotopic (exact) mass is 296 g/mol. The van der Waals surface area contributed by atoms with Gasteiger partial charge in [-0.15, -0.1) is 0 Å². The first-order valence-electron chi connectivity index (χ1n) is 6.92. The molecule has 1 saturated carbocycles. The number of hydrogen-bond donors (Lipinski definition) is 1. The van der Waals surface area contributed by atoms with E-state index in [9.17, 15) is 13.2 Å². The number of hydrogen-bond acceptors (Lipinski definition) is 4. The van der Waals surface area contributed by atoms with E-state index in [0.717, 1.165) is 19.3 Å². The zero-order valence-electron chi connectivity index (χ0n) is 11.6. The minimum Gasteiger partial charge on any atom is -0.352 e. The number of carbonyl (C=O) groups is 1. The fourth-order valence-corrected chi connectivity index (χ4v) is 3.64. The third-order valence-electron chi connectivity index (χ3n) is 3.74. The van der Waals surface area contributed by atoms with Gasteiger partial charge in [0.05, 0.1) is 0 Å². The highest BCUT2D eigenvalue weighted by molar-refractivity contribution is 7.92. The molecule has 5 nitrogen and oxygen atoms in total. The molecule has 0 saturated heterocycles. The van der Waals surface area contributed by atoms with Gasteiger partial charge in [0.2, 0.25) is 15.7 Å². The third kappa shape index (κ3) is 3.79. The van der Waals surface area contributed by atoms with E-state index in [0.29, 0.717) is 5.92 Å². The number of carbonyl (C=O) groups excluding carboxylic acids is 1. The molecular weight excluding hydrogens is 276 g/mol. The molecule has 0 bridgehead atoms. The predicted molar refractivity (Wildman–Crippen MR) is 75.9 cm³/mol. The number of aromatic nitrogens is 1. The molecule has 1 heterocycles. The Morgan fingerprint density at radius 2 is 2.10 bits per heavy atom. The first-order valence-corrected chi connectivity index (χ1v) is 8.57. The van der Waals surface area contributed by atoms with Crippen LogP contribution in [-0.4, -0.2) is 31.1 Å². The lowest BCUT2D eigenvalue weighted by molar-refractivity contribution is -0.119. The maximum absolute atomic E-state index is 12.0. The molecule has 2 atom stereocenters. The minimum atomic E-state index is -3.65. The smallest absolute Gasteiger partial charge is 0.235 e. The zero-order chi connectivity index (χ0) is 14.6. The number of sulfone groups is 1. The quantitative estimate of drug-likeness (QED) is 0.914. The van der Waals surface area contributed by atoms with Crippen LogP contribution in [0.2, 0.25) is 0 Å². The van der Waals surface area contributed by atoms with Crippen molar-refractivity contribution in [1.29, 1.82) is 0 Å². The van der Waals surface area contributed by atoms with E-state index in [2.05, 4.69) is 17.2 Å². The Kier molecular flexibility index (Phi) is 4.75. The molecule has 0 unspecified atom stereocenters. The standard InChI is InChI=1S/C14H20N2O3S/c1-11-6-2-3-7-12(11)16-13(17)10-20(18,19)14-8-4-5-9-15-14/h4-5,8-9,11-12H,2-3,6-7,10H2,1H3,(H,16,17)/t11-,12-/m1/s1. The molecule has 1 aromatic heterocycles. The van der Waals surface area contributed by atoms with E-state index >= 15 is 0 Å². The zero-order valence-corrected chi connectivity index (χ0v) is 12.4. The van der Waals surface area contributed by atoms with Crippen molar-refractivity contribution < 1.29 is 13.2 Å². The maximum Gasteiger partial charge on any atom is 0.235 e. The summed E-state index contributed by atoms with van der Waals surface area (Å²) in [4.78, 5) is 15.7. The van der Waals surface area contributed by atoms with Gasteiger partial charge >= 0.3 is 0 Å². The summed E-state index contributed by atoms with van der Waals surface area (Å²) in [6.45, 7) is 2.09. The van der Waals surface area contributed by atoms with Crippen molar-refractivity contribution in [1.82, 2.24) is 10.3 Å². The fraction of sp³-hybridized carbons (Fsp3) is 0.571. The summed E-state index contributed by atoms with van der Waals surface area (Å²) in [6.07, 6.45) is 5.69. The molecule has 1 N–H and O–H groups in total. The molecule has 0 radical (unpaired) electrons. The van der Waals surface area contributed by atoms with Crippen molar-refractivity contribution in [3.8, 4) is 0 Å². The Morgan fingerprint density at radius 1 is 1.35 bits per heavy atom. The number of nitrogens with one attached hydrogen (secondary N) is 1. The van der Waals surface area contributed by atoms with Gasteiger partial charge in [0.15, 0.2) is 5.03 Å². The van der Waals surface area contributed by atoms with Gasteiger partial charge in [-0.3, -0.25) is 4.79 Å². The topological polar surface area (TPSA) is 76.1 Å². The molecule has 0 spiro atoms. The molecule has 2 rings (SSSR count). The normalized spacial score (nSPS) is 23.2. The van der Waals surface area contributed by atoms with Crippen LogP contribution in [-0.2, 0) is 14.6 Å². The number of amides is 1. The lowest BCUT2D eigenvalue weighted by Crippen LogP contribution is -2.43. The SMILES string of the molecule is C[C@@H]1CCCC[C@H]1NC(=O)CS(=O)(=O)c1ccccn1. The van der Waals surface area contributed by atoms with Gasteiger partial charge < -0.3 is 5.32 Å². The summed E-state index contributed by atoms with van der Waals surface area (Å²) in [5, 5.41) is 2.80. The fourth-order valence-electron chi connectivity index (χ4n) is 2.56. The molecule has 1 amide bonds. The van der Waals surface area contributed by atoms with Gasteiger partial charge in [0, 0.05) is 12.2 Å². The lowest BCUT2D eigenvalue weighted by Gasteiger charge is -2.29. The van der Waals surface area contributed by atoms with Gasteiger partial charge in [0.1, 0.15) is 5.75 Å². The van der Waals surface area contributed by atoms with Crippen LogP contribution in [0, 0.1) is 5.92 Å². The highest BCUT2D eigenvalue weighted by atomic mass is 32.2. The van der Waals surface area contributed by atoms with Crippen molar-refractivity contribution >= 4 is 15.7 Å². The highest BCUT2D eigenvalue weighted by Crippen LogP contribution is 2.23. The molecule has 0 aromatic carbocycles. The summed E-state index contributed by atoms with van der Waals surface area (Å²) in [5.41, 5.74) is 0. The van der Waals surface area contributed by atoms with Crippen LogP contribution < -0.4 is 5.32 Å². The van der Waals surface area contributed by atoms with Crippen LogP contribution in [0.5, 0.6) is 0 Å². The van der Waals surface area contributed by atoms with Crippen molar-refractivity contribution in [2.75, 3.05) is 5.75 Å². The van der Waals surface area contributed by atoms with Crippen molar-refractivity contribution in [3.63, 3.8) is 0 Å². The molecule has 20 heavy (non-hydrogen) atoms. The maximum atomic E-state index is 12.0. The van der Waals surface area contributed by atoms with Gasteiger partial charge in [-0.1, -0.05) is 25.8 Å². The van der Waals surface area contributed by atoms with Crippen LogP contribution in [0.3, 0.4) is 0 Å². The molecular formula is C14H20N2O3S. The number of pyridine rings is 1. The average Bonchev–Trinajstić information content (AvgIpc) is 2.42. The van der Waals surface area contributed by atoms with Crippen molar-refractivity contribution in [2.45, 2.75) is 43.7 Å². The largest absolute Gasteiger partial charge is 0.352 e. The number of nitrogens with zero attached hydrogens (tertiary/aromatic N) is 1. The van der Waals surface area contributed by atoms with Crippen LogP contribution in [0.15, 0.2) is 29.4 Å². The Morgan fingerprint density at radius 3 is 2.75 bits per heavy atom. The first kappa shape index (κ1) is 15.0. The summed E-state index contributed by atoms with van der Waals surface area (Å²) in [7, 11) is -3.65. The number of rotatable bonds is 4. The van der Waals surface area contributed by atoms with E-state index < -0.39 is 21.5 Å². The molecule has 1 aliphatic carbocycles. The van der Waals surface area contributed by atoms with Gasteiger partial charge in [-0.25, -0.2) is 13.4 Å². The first-order chi connectivity index (χ1) is 9.49. The van der Waals surface area contributed by atoms with Gasteiger partial charge in [0.25, 0.3) is 0 Å². The van der Waals surface area contributed by atoms with Crippen LogP contribution in [0.1, 0.15) is 32.6 Å².